The average molecular weight is 375 g/mol. The largest absolute Gasteiger partial charge is 0.457 e. The van der Waals surface area contributed by atoms with E-state index in [4.69, 9.17) is 4.74 Å². The summed E-state index contributed by atoms with van der Waals surface area (Å²) in [6.07, 6.45) is 0. The van der Waals surface area contributed by atoms with Gasteiger partial charge >= 0.3 is 5.97 Å². The zero-order chi connectivity index (χ0) is 17.8. The topological polar surface area (TPSA) is 72.5 Å². The summed E-state index contributed by atoms with van der Waals surface area (Å²) in [4.78, 5) is 36.8. The van der Waals surface area contributed by atoms with E-state index in [-0.39, 0.29) is 30.0 Å². The molecule has 1 aliphatic heterocycles. The first kappa shape index (κ1) is 17.7. The van der Waals surface area contributed by atoms with Crippen LogP contribution in [0.4, 0.5) is 5.69 Å². The highest BCUT2D eigenvalue weighted by atomic mass is 32.2. The summed E-state index contributed by atoms with van der Waals surface area (Å²) < 4.78 is 5.06. The molecule has 0 unspecified atom stereocenters. The fourth-order valence-corrected chi connectivity index (χ4v) is 4.15. The number of hydrogen-bond acceptors (Lipinski definition) is 6. The lowest BCUT2D eigenvalue weighted by molar-refractivity contribution is -0.139. The van der Waals surface area contributed by atoms with Crippen molar-refractivity contribution >= 4 is 46.4 Å². The molecule has 25 heavy (non-hydrogen) atoms. The van der Waals surface area contributed by atoms with Crippen molar-refractivity contribution in [2.75, 3.05) is 17.7 Å². The van der Waals surface area contributed by atoms with Crippen LogP contribution in [0.15, 0.2) is 35.7 Å². The van der Waals surface area contributed by atoms with Crippen LogP contribution in [0.1, 0.15) is 33.6 Å². The monoisotopic (exact) mass is 375 g/mol. The summed E-state index contributed by atoms with van der Waals surface area (Å²) in [5.41, 5.74) is 1.98. The van der Waals surface area contributed by atoms with E-state index in [1.165, 1.54) is 16.6 Å². The number of esters is 1. The van der Waals surface area contributed by atoms with Crippen LogP contribution in [0.3, 0.4) is 0 Å². The summed E-state index contributed by atoms with van der Waals surface area (Å²) in [5.74, 6) is -0.0603. The number of ketones is 1. The highest BCUT2D eigenvalue weighted by molar-refractivity contribution is 7.99. The number of amides is 1. The highest BCUT2D eigenvalue weighted by Crippen LogP contribution is 2.32. The maximum Gasteiger partial charge on any atom is 0.316 e. The third-order valence-electron chi connectivity index (χ3n) is 3.90. The van der Waals surface area contributed by atoms with Gasteiger partial charge in [0, 0.05) is 21.9 Å². The Morgan fingerprint density at radius 2 is 2.16 bits per heavy atom. The molecule has 1 aromatic carbocycles. The Morgan fingerprint density at radius 3 is 2.92 bits per heavy atom. The SMILES string of the molecule is C[C@H]1C(=O)Nc2ccc(C(=O)COC(=O)CSCc3cccs3)cc21. The molecule has 0 saturated heterocycles. The number of thiophene rings is 1. The molecule has 0 spiro atoms. The number of rotatable bonds is 7. The van der Waals surface area contributed by atoms with Crippen molar-refractivity contribution in [3.05, 3.63) is 51.7 Å². The quantitative estimate of drug-likeness (QED) is 0.593. The summed E-state index contributed by atoms with van der Waals surface area (Å²) in [6.45, 7) is 1.51. The number of thioether (sulfide) groups is 1. The van der Waals surface area contributed by atoms with E-state index in [9.17, 15) is 14.4 Å². The lowest BCUT2D eigenvalue weighted by Gasteiger charge is -2.07. The van der Waals surface area contributed by atoms with Gasteiger partial charge < -0.3 is 10.1 Å². The lowest BCUT2D eigenvalue weighted by Crippen LogP contribution is -2.15. The molecule has 1 atom stereocenters. The summed E-state index contributed by atoms with van der Waals surface area (Å²) >= 11 is 3.11. The van der Waals surface area contributed by atoms with Crippen molar-refractivity contribution in [3.8, 4) is 0 Å². The normalized spacial score (nSPS) is 15.6. The van der Waals surface area contributed by atoms with Gasteiger partial charge in [0.25, 0.3) is 0 Å². The minimum absolute atomic E-state index is 0.0752. The summed E-state index contributed by atoms with van der Waals surface area (Å²) in [5, 5.41) is 4.75. The first-order valence-electron chi connectivity index (χ1n) is 7.78. The molecular weight excluding hydrogens is 358 g/mol. The van der Waals surface area contributed by atoms with Gasteiger partial charge in [-0.15, -0.1) is 23.1 Å². The van der Waals surface area contributed by atoms with Gasteiger partial charge in [0.2, 0.25) is 5.91 Å². The number of carbonyl (C=O) groups excluding carboxylic acids is 3. The van der Waals surface area contributed by atoms with Gasteiger partial charge in [0.05, 0.1) is 11.7 Å². The molecule has 2 heterocycles. The Kier molecular flexibility index (Phi) is 5.55. The Morgan fingerprint density at radius 1 is 1.32 bits per heavy atom. The fourth-order valence-electron chi connectivity index (χ4n) is 2.49. The maximum absolute atomic E-state index is 12.2. The molecule has 0 aliphatic carbocycles. The first-order chi connectivity index (χ1) is 12.0. The van der Waals surface area contributed by atoms with Crippen molar-refractivity contribution in [2.24, 2.45) is 0 Å². The third-order valence-corrected chi connectivity index (χ3v) is 5.91. The molecule has 3 rings (SSSR count). The van der Waals surface area contributed by atoms with Gasteiger partial charge in [-0.3, -0.25) is 14.4 Å². The minimum atomic E-state index is -0.402. The van der Waals surface area contributed by atoms with Crippen LogP contribution in [0.2, 0.25) is 0 Å². The van der Waals surface area contributed by atoms with Crippen molar-refractivity contribution < 1.29 is 19.1 Å². The van der Waals surface area contributed by atoms with Crippen molar-refractivity contribution in [3.63, 3.8) is 0 Å². The number of benzene rings is 1. The van der Waals surface area contributed by atoms with Gasteiger partial charge in [-0.1, -0.05) is 6.07 Å². The maximum atomic E-state index is 12.2. The van der Waals surface area contributed by atoms with E-state index in [2.05, 4.69) is 5.32 Å². The van der Waals surface area contributed by atoms with Gasteiger partial charge in [-0.05, 0) is 42.1 Å². The van der Waals surface area contributed by atoms with E-state index in [1.807, 2.05) is 17.5 Å². The van der Waals surface area contributed by atoms with Gasteiger partial charge in [0.15, 0.2) is 12.4 Å². The van der Waals surface area contributed by atoms with Gasteiger partial charge in [-0.2, -0.15) is 0 Å². The number of anilines is 1. The van der Waals surface area contributed by atoms with E-state index in [0.717, 1.165) is 17.0 Å². The Labute approximate surface area is 153 Å². The van der Waals surface area contributed by atoms with Gasteiger partial charge in [-0.25, -0.2) is 0 Å². The molecular formula is C18H17NO4S2. The van der Waals surface area contributed by atoms with Gasteiger partial charge in [0.1, 0.15) is 0 Å². The van der Waals surface area contributed by atoms with E-state index < -0.39 is 5.97 Å². The molecule has 0 fully saturated rings. The number of Topliss-reactive ketones (excluding diaryl/α,β-unsaturated/α-hetero) is 1. The number of hydrogen-bond donors (Lipinski definition) is 1. The third kappa shape index (κ3) is 4.29. The van der Waals surface area contributed by atoms with Crippen molar-refractivity contribution in [2.45, 2.75) is 18.6 Å². The summed E-state index contributed by atoms with van der Waals surface area (Å²) in [7, 11) is 0. The molecule has 5 nitrogen and oxygen atoms in total. The van der Waals surface area contributed by atoms with E-state index >= 15 is 0 Å². The van der Waals surface area contributed by atoms with Crippen LogP contribution in [0.25, 0.3) is 0 Å². The molecule has 130 valence electrons. The minimum Gasteiger partial charge on any atom is -0.457 e. The predicted octanol–water partition coefficient (Wildman–Crippen LogP) is 3.46. The second-order valence-electron chi connectivity index (χ2n) is 5.67. The number of carbonyl (C=O) groups is 3. The highest BCUT2D eigenvalue weighted by Gasteiger charge is 2.27. The van der Waals surface area contributed by atoms with Crippen LogP contribution < -0.4 is 5.32 Å². The van der Waals surface area contributed by atoms with Crippen LogP contribution in [-0.2, 0) is 20.1 Å². The van der Waals surface area contributed by atoms with Crippen LogP contribution in [0, 0.1) is 0 Å². The van der Waals surface area contributed by atoms with Crippen LogP contribution >= 0.6 is 23.1 Å². The average Bonchev–Trinajstić information content (AvgIpc) is 3.21. The fraction of sp³-hybridized carbons (Fsp3) is 0.278. The lowest BCUT2D eigenvalue weighted by atomic mass is 9.99. The molecule has 0 bridgehead atoms. The number of fused-ring (bicyclic) bond motifs is 1. The zero-order valence-corrected chi connectivity index (χ0v) is 15.2. The zero-order valence-electron chi connectivity index (χ0n) is 13.6. The number of ether oxygens (including phenoxy) is 1. The van der Waals surface area contributed by atoms with Crippen molar-refractivity contribution in [1.29, 1.82) is 0 Å². The number of nitrogens with one attached hydrogen (secondary N) is 1. The Hall–Kier alpha value is -2.12. The predicted molar refractivity (Wildman–Crippen MR) is 99.3 cm³/mol. The molecule has 2 aromatic rings. The summed E-state index contributed by atoms with van der Waals surface area (Å²) in [6, 6.07) is 9.03. The molecule has 1 aromatic heterocycles. The molecule has 7 heteroatoms. The van der Waals surface area contributed by atoms with Crippen LogP contribution in [0.5, 0.6) is 0 Å². The second kappa shape index (κ2) is 7.84. The molecule has 0 radical (unpaired) electrons. The van der Waals surface area contributed by atoms with E-state index in [0.29, 0.717) is 5.56 Å². The standard InChI is InChI=1S/C18H17NO4S2/c1-11-14-7-12(4-5-15(14)19-18(11)22)16(20)8-23-17(21)10-24-9-13-3-2-6-25-13/h2-7,11H,8-10H2,1H3,(H,19,22)/t11-/m1/s1. The molecule has 0 saturated carbocycles. The molecule has 1 N–H and O–H groups in total. The smallest absolute Gasteiger partial charge is 0.316 e. The Bertz CT molecular complexity index is 801. The second-order valence-corrected chi connectivity index (χ2v) is 7.69. The molecule has 1 aliphatic rings. The van der Waals surface area contributed by atoms with Crippen molar-refractivity contribution in [1.82, 2.24) is 0 Å². The first-order valence-corrected chi connectivity index (χ1v) is 9.82. The molecule has 1 amide bonds. The Balaban J connectivity index is 1.48. The van der Waals surface area contributed by atoms with Crippen LogP contribution in [-0.4, -0.2) is 30.0 Å². The van der Waals surface area contributed by atoms with E-state index in [1.54, 1.807) is 36.5 Å².